The number of nitrogens with one attached hydrogen (secondary N) is 1. The summed E-state index contributed by atoms with van der Waals surface area (Å²) in [4.78, 5) is 12.6. The summed E-state index contributed by atoms with van der Waals surface area (Å²) in [6.07, 6.45) is -3.80. The van der Waals surface area contributed by atoms with Crippen LogP contribution in [0.4, 0.5) is 18.9 Å². The number of anilines is 1. The fraction of sp³-hybridized carbons (Fsp3) is 0.350. The van der Waals surface area contributed by atoms with Gasteiger partial charge in [0.15, 0.2) is 0 Å². The third kappa shape index (κ3) is 6.12. The van der Waals surface area contributed by atoms with Crippen molar-refractivity contribution < 1.29 is 31.1 Å². The van der Waals surface area contributed by atoms with E-state index < -0.39 is 33.7 Å². The van der Waals surface area contributed by atoms with Gasteiger partial charge in [-0.2, -0.15) is 13.2 Å². The quantitative estimate of drug-likeness (QED) is 0.676. The van der Waals surface area contributed by atoms with Gasteiger partial charge in [0.1, 0.15) is 11.8 Å². The summed E-state index contributed by atoms with van der Waals surface area (Å²) in [6, 6.07) is 9.56. The molecule has 10 heteroatoms. The number of nitrogens with zero attached hydrogens (tertiary/aromatic N) is 1. The molecule has 0 bridgehead atoms. The SMILES string of the molecule is CCOc1ccc(CNC(=O)C(C)N(c2cccc(C(F)(F)F)c2)S(C)(=O)=O)cc1. The Morgan fingerprint density at radius 3 is 2.33 bits per heavy atom. The number of rotatable bonds is 8. The summed E-state index contributed by atoms with van der Waals surface area (Å²) >= 11 is 0. The van der Waals surface area contributed by atoms with E-state index in [-0.39, 0.29) is 12.2 Å². The number of halogens is 3. The summed E-state index contributed by atoms with van der Waals surface area (Å²) in [5.74, 6) is 0.0282. The fourth-order valence-electron chi connectivity index (χ4n) is 2.84. The average molecular weight is 444 g/mol. The molecule has 1 atom stereocenters. The van der Waals surface area contributed by atoms with Gasteiger partial charge in [-0.15, -0.1) is 0 Å². The van der Waals surface area contributed by atoms with Crippen LogP contribution in [0.25, 0.3) is 0 Å². The Labute approximate surface area is 173 Å². The molecule has 0 radical (unpaired) electrons. The van der Waals surface area contributed by atoms with Crippen LogP contribution in [0.3, 0.4) is 0 Å². The van der Waals surface area contributed by atoms with E-state index in [0.717, 1.165) is 24.0 Å². The Kier molecular flexibility index (Phi) is 7.35. The fourth-order valence-corrected chi connectivity index (χ4v) is 4.00. The number of benzene rings is 2. The number of alkyl halides is 3. The molecular weight excluding hydrogens is 421 g/mol. The zero-order valence-electron chi connectivity index (χ0n) is 16.7. The summed E-state index contributed by atoms with van der Waals surface area (Å²) in [5.41, 5.74) is -0.490. The lowest BCUT2D eigenvalue weighted by Crippen LogP contribution is -2.47. The molecule has 0 saturated heterocycles. The van der Waals surface area contributed by atoms with Crippen LogP contribution in [0.15, 0.2) is 48.5 Å². The van der Waals surface area contributed by atoms with E-state index in [1.807, 2.05) is 6.92 Å². The van der Waals surface area contributed by atoms with Crippen molar-refractivity contribution in [1.29, 1.82) is 0 Å². The number of carbonyl (C=O) groups excluding carboxylic acids is 1. The minimum Gasteiger partial charge on any atom is -0.494 e. The first kappa shape index (κ1) is 23.5. The van der Waals surface area contributed by atoms with Crippen LogP contribution in [0, 0.1) is 0 Å². The van der Waals surface area contributed by atoms with Gasteiger partial charge < -0.3 is 10.1 Å². The van der Waals surface area contributed by atoms with Crippen LogP contribution >= 0.6 is 0 Å². The molecule has 2 aromatic carbocycles. The van der Waals surface area contributed by atoms with Crippen molar-refractivity contribution in [2.24, 2.45) is 0 Å². The molecule has 2 rings (SSSR count). The van der Waals surface area contributed by atoms with Crippen LogP contribution in [-0.2, 0) is 27.5 Å². The topological polar surface area (TPSA) is 75.7 Å². The first-order valence-electron chi connectivity index (χ1n) is 9.09. The summed E-state index contributed by atoms with van der Waals surface area (Å²) < 4.78 is 69.6. The van der Waals surface area contributed by atoms with E-state index in [0.29, 0.717) is 22.7 Å². The van der Waals surface area contributed by atoms with Crippen molar-refractivity contribution in [3.63, 3.8) is 0 Å². The van der Waals surface area contributed by atoms with Gasteiger partial charge in [-0.05, 0) is 49.7 Å². The number of sulfonamides is 1. The lowest BCUT2D eigenvalue weighted by atomic mass is 10.1. The number of ether oxygens (including phenoxy) is 1. The predicted molar refractivity (Wildman–Crippen MR) is 108 cm³/mol. The monoisotopic (exact) mass is 444 g/mol. The molecule has 0 spiro atoms. The lowest BCUT2D eigenvalue weighted by Gasteiger charge is -2.28. The van der Waals surface area contributed by atoms with Crippen molar-refractivity contribution >= 4 is 21.6 Å². The second kappa shape index (κ2) is 9.38. The Morgan fingerprint density at radius 1 is 1.17 bits per heavy atom. The second-order valence-corrected chi connectivity index (χ2v) is 8.44. The largest absolute Gasteiger partial charge is 0.494 e. The second-order valence-electron chi connectivity index (χ2n) is 6.58. The summed E-state index contributed by atoms with van der Waals surface area (Å²) in [7, 11) is -4.03. The van der Waals surface area contributed by atoms with Gasteiger partial charge in [0, 0.05) is 6.54 Å². The molecule has 1 amide bonds. The molecule has 0 aliphatic heterocycles. The zero-order chi connectivity index (χ0) is 22.5. The number of hydrogen-bond donors (Lipinski definition) is 1. The number of amides is 1. The van der Waals surface area contributed by atoms with Crippen LogP contribution in [0.1, 0.15) is 25.0 Å². The van der Waals surface area contributed by atoms with Crippen molar-refractivity contribution in [3.05, 3.63) is 59.7 Å². The first-order valence-corrected chi connectivity index (χ1v) is 10.9. The van der Waals surface area contributed by atoms with Crippen molar-refractivity contribution in [3.8, 4) is 5.75 Å². The molecule has 6 nitrogen and oxygen atoms in total. The molecule has 0 saturated carbocycles. The standard InChI is InChI=1S/C20H23F3N2O4S/c1-4-29-18-10-8-15(9-11-18)13-24-19(26)14(2)25(30(3,27)28)17-7-5-6-16(12-17)20(21,22)23/h5-12,14H,4,13H2,1-3H3,(H,24,26). The average Bonchev–Trinajstić information content (AvgIpc) is 2.66. The van der Waals surface area contributed by atoms with Crippen molar-refractivity contribution in [2.45, 2.75) is 32.6 Å². The van der Waals surface area contributed by atoms with E-state index in [1.54, 1.807) is 24.3 Å². The lowest BCUT2D eigenvalue weighted by molar-refractivity contribution is -0.137. The van der Waals surface area contributed by atoms with Crippen LogP contribution < -0.4 is 14.4 Å². The van der Waals surface area contributed by atoms with Crippen LogP contribution in [0.2, 0.25) is 0 Å². The van der Waals surface area contributed by atoms with Gasteiger partial charge in [-0.25, -0.2) is 8.42 Å². The maximum Gasteiger partial charge on any atom is 0.416 e. The maximum atomic E-state index is 13.0. The molecule has 0 aromatic heterocycles. The van der Waals surface area contributed by atoms with E-state index in [2.05, 4.69) is 5.32 Å². The van der Waals surface area contributed by atoms with Gasteiger partial charge in [0.25, 0.3) is 0 Å². The van der Waals surface area contributed by atoms with Gasteiger partial charge in [0.2, 0.25) is 15.9 Å². The Balaban J connectivity index is 2.19. The first-order chi connectivity index (χ1) is 13.9. The predicted octanol–water partition coefficient (Wildman–Crippen LogP) is 3.58. The van der Waals surface area contributed by atoms with Gasteiger partial charge in [-0.1, -0.05) is 18.2 Å². The molecule has 0 heterocycles. The molecule has 2 aromatic rings. The van der Waals surface area contributed by atoms with E-state index in [1.165, 1.54) is 13.0 Å². The minimum absolute atomic E-state index is 0.121. The Bertz CT molecular complexity index is 976. The normalized spacial score (nSPS) is 12.9. The van der Waals surface area contributed by atoms with Crippen LogP contribution in [0.5, 0.6) is 5.75 Å². The summed E-state index contributed by atoms with van der Waals surface area (Å²) in [6.45, 7) is 3.81. The van der Waals surface area contributed by atoms with E-state index >= 15 is 0 Å². The molecule has 1 unspecified atom stereocenters. The van der Waals surface area contributed by atoms with Crippen LogP contribution in [-0.4, -0.2) is 33.2 Å². The summed E-state index contributed by atoms with van der Waals surface area (Å²) in [5, 5.41) is 2.61. The molecule has 30 heavy (non-hydrogen) atoms. The zero-order valence-corrected chi connectivity index (χ0v) is 17.5. The number of carbonyl (C=O) groups is 1. The van der Waals surface area contributed by atoms with Crippen molar-refractivity contribution in [2.75, 3.05) is 17.2 Å². The molecule has 0 aliphatic rings. The van der Waals surface area contributed by atoms with Gasteiger partial charge >= 0.3 is 6.18 Å². The minimum atomic E-state index is -4.64. The maximum absolute atomic E-state index is 13.0. The highest BCUT2D eigenvalue weighted by molar-refractivity contribution is 7.92. The van der Waals surface area contributed by atoms with Gasteiger partial charge in [0.05, 0.1) is 24.1 Å². The van der Waals surface area contributed by atoms with E-state index in [9.17, 15) is 26.4 Å². The molecule has 164 valence electrons. The Morgan fingerprint density at radius 2 is 1.80 bits per heavy atom. The third-order valence-corrected chi connectivity index (χ3v) is 5.46. The third-order valence-electron chi connectivity index (χ3n) is 4.22. The van der Waals surface area contributed by atoms with E-state index in [4.69, 9.17) is 4.74 Å². The highest BCUT2D eigenvalue weighted by Crippen LogP contribution is 2.32. The smallest absolute Gasteiger partial charge is 0.416 e. The molecule has 0 aliphatic carbocycles. The molecule has 1 N–H and O–H groups in total. The number of hydrogen-bond acceptors (Lipinski definition) is 4. The Hall–Kier alpha value is -2.75. The van der Waals surface area contributed by atoms with Crippen molar-refractivity contribution in [1.82, 2.24) is 5.32 Å². The highest BCUT2D eigenvalue weighted by atomic mass is 32.2. The molecular formula is C20H23F3N2O4S. The van der Waals surface area contributed by atoms with Gasteiger partial charge in [-0.3, -0.25) is 9.10 Å². The highest BCUT2D eigenvalue weighted by Gasteiger charge is 2.34. The molecule has 0 fully saturated rings.